The summed E-state index contributed by atoms with van der Waals surface area (Å²) < 4.78 is 29.0. The molecule has 1 saturated heterocycles. The summed E-state index contributed by atoms with van der Waals surface area (Å²) in [6.07, 6.45) is 5.98. The minimum absolute atomic E-state index is 0.0344. The quantitative estimate of drug-likeness (QED) is 0.0575. The molecular weight excluding hydrogens is 737 g/mol. The van der Waals surface area contributed by atoms with Crippen LogP contribution in [0.5, 0.6) is 0 Å². The van der Waals surface area contributed by atoms with Gasteiger partial charge in [0.2, 0.25) is 0 Å². The molecule has 0 spiro atoms. The first-order valence-corrected chi connectivity index (χ1v) is 30.0. The van der Waals surface area contributed by atoms with Crippen LogP contribution in [-0.2, 0) is 24.9 Å². The standard InChI is InChI=1S/C49H78O4Si3/c1-13-55(14-2,15-3)52-44(35-40(4)39-54(10,11)12)37-47-49(8,9)33-31-42(51-47)36-43(32-34-50-38-41-25-19-16-20-26-41)53-56(48(5,6)7,45-27-21-17-22-28-45)46-29-23-18-24-30-46/h16-30,42-44,47H,4,13-15,31-39H2,1-3,5-12H3/t42-,43-,44-,47-/m0/s1. The smallest absolute Gasteiger partial charge is 0.261 e. The zero-order valence-corrected chi connectivity index (χ0v) is 40.3. The summed E-state index contributed by atoms with van der Waals surface area (Å²) in [6.45, 7) is 32.2. The lowest BCUT2D eigenvalue weighted by Crippen LogP contribution is -2.68. The third-order valence-corrected chi connectivity index (χ3v) is 23.8. The Hall–Kier alpha value is -2.11. The molecule has 0 aliphatic carbocycles. The van der Waals surface area contributed by atoms with Gasteiger partial charge in [0.25, 0.3) is 8.32 Å². The molecule has 1 heterocycles. The van der Waals surface area contributed by atoms with Crippen LogP contribution in [0.25, 0.3) is 0 Å². The first kappa shape index (κ1) is 46.6. The van der Waals surface area contributed by atoms with Crippen LogP contribution in [0, 0.1) is 5.41 Å². The van der Waals surface area contributed by atoms with Crippen molar-refractivity contribution in [1.82, 2.24) is 0 Å². The van der Waals surface area contributed by atoms with Crippen LogP contribution in [0.2, 0.25) is 48.9 Å². The summed E-state index contributed by atoms with van der Waals surface area (Å²) in [6, 6.07) is 37.2. The fourth-order valence-corrected chi connectivity index (χ4v) is 18.3. The second kappa shape index (κ2) is 20.7. The van der Waals surface area contributed by atoms with E-state index in [1.165, 1.54) is 21.5 Å². The predicted octanol–water partition coefficient (Wildman–Crippen LogP) is 12.6. The second-order valence-corrected chi connectivity index (χ2v) is 34.1. The molecule has 56 heavy (non-hydrogen) atoms. The minimum atomic E-state index is -2.80. The van der Waals surface area contributed by atoms with Crippen LogP contribution in [0.3, 0.4) is 0 Å². The lowest BCUT2D eigenvalue weighted by molar-refractivity contribution is -0.139. The van der Waals surface area contributed by atoms with Crippen molar-refractivity contribution in [1.29, 1.82) is 0 Å². The fraction of sp³-hybridized carbons (Fsp3) is 0.592. The van der Waals surface area contributed by atoms with Crippen LogP contribution < -0.4 is 10.4 Å². The van der Waals surface area contributed by atoms with Gasteiger partial charge in [0.05, 0.1) is 31.0 Å². The van der Waals surface area contributed by atoms with Crippen LogP contribution >= 0.6 is 0 Å². The molecule has 0 aromatic heterocycles. The Balaban J connectivity index is 1.65. The molecule has 310 valence electrons. The van der Waals surface area contributed by atoms with Crippen molar-refractivity contribution in [2.45, 2.75) is 174 Å². The maximum absolute atomic E-state index is 7.86. The molecule has 0 N–H and O–H groups in total. The molecule has 7 heteroatoms. The Morgan fingerprint density at radius 3 is 1.82 bits per heavy atom. The Kier molecular flexibility index (Phi) is 17.2. The first-order valence-electron chi connectivity index (χ1n) is 21.9. The number of hydrogen-bond acceptors (Lipinski definition) is 4. The predicted molar refractivity (Wildman–Crippen MR) is 248 cm³/mol. The van der Waals surface area contributed by atoms with Crippen molar-refractivity contribution in [2.24, 2.45) is 5.41 Å². The average Bonchev–Trinajstić information content (AvgIpc) is 3.15. The minimum Gasteiger partial charge on any atom is -0.414 e. The van der Waals surface area contributed by atoms with Gasteiger partial charge in [-0.25, -0.2) is 0 Å². The average molecular weight is 815 g/mol. The number of hydrogen-bond donors (Lipinski definition) is 0. The van der Waals surface area contributed by atoms with Crippen LogP contribution in [0.4, 0.5) is 0 Å². The highest BCUT2D eigenvalue weighted by molar-refractivity contribution is 6.99. The Labute approximate surface area is 346 Å². The molecule has 0 bridgehead atoms. The Bertz CT molecular complexity index is 1530. The topological polar surface area (TPSA) is 36.9 Å². The van der Waals surface area contributed by atoms with Gasteiger partial charge < -0.3 is 18.3 Å². The van der Waals surface area contributed by atoms with Gasteiger partial charge in [0.1, 0.15) is 0 Å². The Morgan fingerprint density at radius 1 is 0.786 bits per heavy atom. The summed E-state index contributed by atoms with van der Waals surface area (Å²) in [5.74, 6) is 0. The molecule has 0 radical (unpaired) electrons. The highest BCUT2D eigenvalue weighted by Crippen LogP contribution is 2.43. The number of rotatable bonds is 22. The monoisotopic (exact) mass is 815 g/mol. The summed E-state index contributed by atoms with van der Waals surface area (Å²) in [5.41, 5.74) is 2.61. The van der Waals surface area contributed by atoms with Gasteiger partial charge in [-0.05, 0) is 89.1 Å². The zero-order chi connectivity index (χ0) is 41.0. The molecule has 4 rings (SSSR count). The molecule has 3 aromatic carbocycles. The lowest BCUT2D eigenvalue weighted by atomic mass is 9.75. The third-order valence-electron chi connectivity index (χ3n) is 12.4. The normalized spacial score (nSPS) is 19.1. The second-order valence-electron chi connectivity index (χ2n) is 19.7. The fourth-order valence-electron chi connectivity index (χ4n) is 9.07. The van der Waals surface area contributed by atoms with Crippen molar-refractivity contribution in [3.05, 3.63) is 109 Å². The molecule has 0 unspecified atom stereocenters. The van der Waals surface area contributed by atoms with Crippen LogP contribution in [-0.4, -0.2) is 55.7 Å². The highest BCUT2D eigenvalue weighted by atomic mass is 28.4. The lowest BCUT2D eigenvalue weighted by Gasteiger charge is -2.47. The molecule has 1 aliphatic rings. The van der Waals surface area contributed by atoms with Crippen LogP contribution in [0.1, 0.15) is 99.5 Å². The first-order chi connectivity index (χ1) is 26.5. The Morgan fingerprint density at radius 2 is 1.32 bits per heavy atom. The van der Waals surface area contributed by atoms with E-state index in [2.05, 4.69) is 173 Å². The summed E-state index contributed by atoms with van der Waals surface area (Å²) in [4.78, 5) is 0. The van der Waals surface area contributed by atoms with E-state index in [0.29, 0.717) is 13.2 Å². The molecule has 0 amide bonds. The maximum atomic E-state index is 7.86. The van der Waals surface area contributed by atoms with E-state index >= 15 is 0 Å². The van der Waals surface area contributed by atoms with Gasteiger partial charge in [0, 0.05) is 14.7 Å². The summed E-state index contributed by atoms with van der Waals surface area (Å²) in [7, 11) is -5.94. The van der Waals surface area contributed by atoms with E-state index < -0.39 is 24.7 Å². The number of benzene rings is 3. The van der Waals surface area contributed by atoms with Crippen molar-refractivity contribution in [3.63, 3.8) is 0 Å². The SMILES string of the molecule is C=C(C[C@@H](C[C@@H]1O[C@H](C[C@H](CCOCc2ccccc2)O[Si](c2ccccc2)(c2ccccc2)C(C)(C)C)CCC1(C)C)O[Si](CC)(CC)CC)C[Si](C)(C)C. The number of ether oxygens (including phenoxy) is 2. The largest absolute Gasteiger partial charge is 0.414 e. The molecule has 4 nitrogen and oxygen atoms in total. The maximum Gasteiger partial charge on any atom is 0.261 e. The van der Waals surface area contributed by atoms with E-state index in [4.69, 9.17) is 18.3 Å². The summed E-state index contributed by atoms with van der Waals surface area (Å²) >= 11 is 0. The molecule has 0 saturated carbocycles. The summed E-state index contributed by atoms with van der Waals surface area (Å²) in [5, 5.41) is 2.51. The van der Waals surface area contributed by atoms with Crippen molar-refractivity contribution < 1.29 is 18.3 Å². The van der Waals surface area contributed by atoms with Crippen molar-refractivity contribution in [3.8, 4) is 0 Å². The third kappa shape index (κ3) is 12.9. The van der Waals surface area contributed by atoms with Gasteiger partial charge in [-0.3, -0.25) is 0 Å². The molecule has 3 aromatic rings. The molecule has 1 fully saturated rings. The highest BCUT2D eigenvalue weighted by Gasteiger charge is 2.52. The van der Waals surface area contributed by atoms with Crippen molar-refractivity contribution >= 4 is 35.1 Å². The van der Waals surface area contributed by atoms with E-state index in [-0.39, 0.29) is 34.9 Å². The van der Waals surface area contributed by atoms with Gasteiger partial charge in [-0.15, -0.1) is 6.58 Å². The van der Waals surface area contributed by atoms with Gasteiger partial charge >= 0.3 is 0 Å². The van der Waals surface area contributed by atoms with E-state index in [0.717, 1.165) is 62.7 Å². The van der Waals surface area contributed by atoms with Crippen LogP contribution in [0.15, 0.2) is 103 Å². The zero-order valence-electron chi connectivity index (χ0n) is 37.3. The molecule has 4 atom stereocenters. The van der Waals surface area contributed by atoms with E-state index in [9.17, 15) is 0 Å². The van der Waals surface area contributed by atoms with E-state index in [1.54, 1.807) is 0 Å². The molecular formula is C49H78O4Si3. The van der Waals surface area contributed by atoms with Gasteiger partial charge in [0.15, 0.2) is 8.32 Å². The molecule has 1 aliphatic heterocycles. The van der Waals surface area contributed by atoms with Gasteiger partial charge in [-0.2, -0.15) is 0 Å². The van der Waals surface area contributed by atoms with E-state index in [1.807, 2.05) is 0 Å². The van der Waals surface area contributed by atoms with Crippen molar-refractivity contribution in [2.75, 3.05) is 6.61 Å². The van der Waals surface area contributed by atoms with Gasteiger partial charge in [-0.1, -0.05) is 172 Å².